The zero-order valence-electron chi connectivity index (χ0n) is 14.7. The van der Waals surface area contributed by atoms with E-state index in [9.17, 15) is 0 Å². The van der Waals surface area contributed by atoms with Gasteiger partial charge in [0.2, 0.25) is 5.95 Å². The molecule has 25 heavy (non-hydrogen) atoms. The standard InChI is InChI=1S/C18H23N7/c1-13-11-14(2)25(23-13)17-4-7-19-18(21-17)24-9-5-15(6-10-24)12-16-3-8-20-22-16/h3-4,7-8,11,15H,5-6,9-10,12H2,1-2H3,(H,20,22). The number of nitrogens with one attached hydrogen (secondary N) is 1. The maximum atomic E-state index is 4.74. The second-order valence-electron chi connectivity index (χ2n) is 6.77. The maximum Gasteiger partial charge on any atom is 0.227 e. The van der Waals surface area contributed by atoms with Crippen LogP contribution in [-0.2, 0) is 6.42 Å². The molecular formula is C18H23N7. The van der Waals surface area contributed by atoms with Gasteiger partial charge in [-0.15, -0.1) is 0 Å². The van der Waals surface area contributed by atoms with Crippen LogP contribution in [0.15, 0.2) is 30.6 Å². The average Bonchev–Trinajstić information content (AvgIpc) is 3.25. The predicted octanol–water partition coefficient (Wildman–Crippen LogP) is 2.46. The van der Waals surface area contributed by atoms with Gasteiger partial charge in [-0.1, -0.05) is 0 Å². The SMILES string of the molecule is Cc1cc(C)n(-c2ccnc(N3CCC(Cc4ccn[nH]4)CC3)n2)n1. The number of anilines is 1. The van der Waals surface area contributed by atoms with Gasteiger partial charge in [0.15, 0.2) is 5.82 Å². The van der Waals surface area contributed by atoms with Gasteiger partial charge in [0, 0.05) is 42.9 Å². The lowest BCUT2D eigenvalue weighted by atomic mass is 9.92. The lowest BCUT2D eigenvalue weighted by Crippen LogP contribution is -2.35. The van der Waals surface area contributed by atoms with Gasteiger partial charge in [0.25, 0.3) is 0 Å². The molecule has 7 nitrogen and oxygen atoms in total. The summed E-state index contributed by atoms with van der Waals surface area (Å²) in [5.74, 6) is 2.32. The van der Waals surface area contributed by atoms with E-state index in [1.165, 1.54) is 5.69 Å². The Morgan fingerprint density at radius 2 is 2.00 bits per heavy atom. The molecule has 0 saturated carbocycles. The lowest BCUT2D eigenvalue weighted by Gasteiger charge is -2.31. The first kappa shape index (κ1) is 15.8. The van der Waals surface area contributed by atoms with Crippen molar-refractivity contribution in [2.75, 3.05) is 18.0 Å². The number of piperidine rings is 1. The zero-order chi connectivity index (χ0) is 17.2. The molecule has 1 fully saturated rings. The number of aromatic nitrogens is 6. The lowest BCUT2D eigenvalue weighted by molar-refractivity contribution is 0.397. The molecular weight excluding hydrogens is 314 g/mol. The Morgan fingerprint density at radius 1 is 1.16 bits per heavy atom. The number of hydrogen-bond acceptors (Lipinski definition) is 5. The highest BCUT2D eigenvalue weighted by molar-refractivity contribution is 5.36. The third-order valence-electron chi connectivity index (χ3n) is 4.82. The van der Waals surface area contributed by atoms with Crippen molar-refractivity contribution >= 4 is 5.95 Å². The number of rotatable bonds is 4. The van der Waals surface area contributed by atoms with Crippen LogP contribution in [0, 0.1) is 19.8 Å². The molecule has 0 aliphatic carbocycles. The largest absolute Gasteiger partial charge is 0.341 e. The van der Waals surface area contributed by atoms with E-state index in [1.54, 1.807) is 0 Å². The van der Waals surface area contributed by atoms with Gasteiger partial charge in [-0.2, -0.15) is 15.2 Å². The minimum absolute atomic E-state index is 0.691. The molecule has 0 bridgehead atoms. The first-order valence-electron chi connectivity index (χ1n) is 8.79. The van der Waals surface area contributed by atoms with E-state index < -0.39 is 0 Å². The summed E-state index contributed by atoms with van der Waals surface area (Å²) in [4.78, 5) is 11.5. The number of hydrogen-bond donors (Lipinski definition) is 1. The van der Waals surface area contributed by atoms with Gasteiger partial charge in [0.1, 0.15) is 0 Å². The van der Waals surface area contributed by atoms with Crippen molar-refractivity contribution in [1.29, 1.82) is 0 Å². The average molecular weight is 337 g/mol. The predicted molar refractivity (Wildman–Crippen MR) is 95.9 cm³/mol. The molecule has 1 aliphatic heterocycles. The maximum absolute atomic E-state index is 4.74. The molecule has 0 spiro atoms. The summed E-state index contributed by atoms with van der Waals surface area (Å²) in [6.07, 6.45) is 7.01. The normalized spacial score (nSPS) is 15.7. The zero-order valence-corrected chi connectivity index (χ0v) is 14.7. The summed E-state index contributed by atoms with van der Waals surface area (Å²) in [7, 11) is 0. The van der Waals surface area contributed by atoms with Crippen LogP contribution in [0.4, 0.5) is 5.95 Å². The summed E-state index contributed by atoms with van der Waals surface area (Å²) in [5, 5.41) is 11.6. The molecule has 0 aromatic carbocycles. The molecule has 0 atom stereocenters. The Kier molecular flexibility index (Phi) is 4.21. The van der Waals surface area contributed by atoms with Crippen LogP contribution >= 0.6 is 0 Å². The Balaban J connectivity index is 1.44. The summed E-state index contributed by atoms with van der Waals surface area (Å²) >= 11 is 0. The van der Waals surface area contributed by atoms with Crippen LogP contribution in [0.1, 0.15) is 29.9 Å². The molecule has 4 rings (SSSR count). The first-order valence-corrected chi connectivity index (χ1v) is 8.79. The van der Waals surface area contributed by atoms with Crippen LogP contribution in [0.3, 0.4) is 0 Å². The molecule has 1 aliphatic rings. The molecule has 4 heterocycles. The molecule has 0 unspecified atom stereocenters. The highest BCUT2D eigenvalue weighted by atomic mass is 15.3. The van der Waals surface area contributed by atoms with Crippen LogP contribution in [0.5, 0.6) is 0 Å². The third-order valence-corrected chi connectivity index (χ3v) is 4.82. The summed E-state index contributed by atoms with van der Waals surface area (Å²) in [6, 6.07) is 6.03. The minimum Gasteiger partial charge on any atom is -0.341 e. The smallest absolute Gasteiger partial charge is 0.227 e. The molecule has 3 aromatic heterocycles. The number of nitrogens with zero attached hydrogens (tertiary/aromatic N) is 6. The van der Waals surface area contributed by atoms with E-state index in [0.717, 1.165) is 55.5 Å². The Bertz CT molecular complexity index is 829. The fourth-order valence-corrected chi connectivity index (χ4v) is 3.52. The fraction of sp³-hybridized carbons (Fsp3) is 0.444. The van der Waals surface area contributed by atoms with E-state index in [0.29, 0.717) is 5.92 Å². The summed E-state index contributed by atoms with van der Waals surface area (Å²) < 4.78 is 1.88. The highest BCUT2D eigenvalue weighted by Crippen LogP contribution is 2.23. The van der Waals surface area contributed by atoms with E-state index in [2.05, 4.69) is 37.3 Å². The van der Waals surface area contributed by atoms with Gasteiger partial charge < -0.3 is 4.90 Å². The Hall–Kier alpha value is -2.70. The van der Waals surface area contributed by atoms with Crippen molar-refractivity contribution in [3.05, 3.63) is 47.7 Å². The van der Waals surface area contributed by atoms with Crippen molar-refractivity contribution in [3.8, 4) is 5.82 Å². The minimum atomic E-state index is 0.691. The fourth-order valence-electron chi connectivity index (χ4n) is 3.52. The molecule has 3 aromatic rings. The van der Waals surface area contributed by atoms with Gasteiger partial charge in [-0.3, -0.25) is 5.10 Å². The summed E-state index contributed by atoms with van der Waals surface area (Å²) in [6.45, 7) is 6.01. The van der Waals surface area contributed by atoms with Crippen molar-refractivity contribution < 1.29 is 0 Å². The van der Waals surface area contributed by atoms with Crippen molar-refractivity contribution in [3.63, 3.8) is 0 Å². The topological polar surface area (TPSA) is 75.5 Å². The molecule has 130 valence electrons. The van der Waals surface area contributed by atoms with Crippen molar-refractivity contribution in [1.82, 2.24) is 29.9 Å². The number of aryl methyl sites for hydroxylation is 2. The van der Waals surface area contributed by atoms with Gasteiger partial charge in [-0.05, 0) is 51.2 Å². The molecule has 0 amide bonds. The van der Waals surface area contributed by atoms with Crippen LogP contribution in [0.2, 0.25) is 0 Å². The van der Waals surface area contributed by atoms with Crippen molar-refractivity contribution in [2.45, 2.75) is 33.1 Å². The van der Waals surface area contributed by atoms with Gasteiger partial charge in [0.05, 0.1) is 5.69 Å². The van der Waals surface area contributed by atoms with E-state index in [-0.39, 0.29) is 0 Å². The molecule has 1 saturated heterocycles. The molecule has 7 heteroatoms. The quantitative estimate of drug-likeness (QED) is 0.791. The van der Waals surface area contributed by atoms with Crippen LogP contribution in [-0.4, -0.2) is 43.0 Å². The van der Waals surface area contributed by atoms with E-state index in [4.69, 9.17) is 4.98 Å². The highest BCUT2D eigenvalue weighted by Gasteiger charge is 2.22. The first-order chi connectivity index (χ1) is 12.2. The monoisotopic (exact) mass is 337 g/mol. The second-order valence-corrected chi connectivity index (χ2v) is 6.77. The molecule has 1 N–H and O–H groups in total. The van der Waals surface area contributed by atoms with E-state index in [1.807, 2.05) is 37.0 Å². The number of aromatic amines is 1. The summed E-state index contributed by atoms with van der Waals surface area (Å²) in [5.41, 5.74) is 3.30. The Morgan fingerprint density at radius 3 is 2.68 bits per heavy atom. The van der Waals surface area contributed by atoms with Crippen LogP contribution in [0.25, 0.3) is 5.82 Å². The third kappa shape index (κ3) is 3.40. The second kappa shape index (κ2) is 6.66. The van der Waals surface area contributed by atoms with Crippen LogP contribution < -0.4 is 4.90 Å². The van der Waals surface area contributed by atoms with Gasteiger partial charge in [-0.25, -0.2) is 9.67 Å². The van der Waals surface area contributed by atoms with Crippen molar-refractivity contribution in [2.24, 2.45) is 5.92 Å². The Labute approximate surface area is 147 Å². The van der Waals surface area contributed by atoms with E-state index >= 15 is 0 Å². The van der Waals surface area contributed by atoms with Gasteiger partial charge >= 0.3 is 0 Å². The number of H-pyrrole nitrogens is 1. The molecule has 0 radical (unpaired) electrons.